The molecule has 2 N–H and O–H groups in total. The maximum Gasteiger partial charge on any atom is 0.303 e. The third-order valence-electron chi connectivity index (χ3n) is 2.34. The predicted octanol–water partition coefficient (Wildman–Crippen LogP) is 1.78. The van der Waals surface area contributed by atoms with Crippen LogP contribution in [0.2, 0.25) is 0 Å². The van der Waals surface area contributed by atoms with Crippen LogP contribution in [0.4, 0.5) is 5.95 Å². The Bertz CT molecular complexity index is 316. The molecule has 0 aliphatic carbocycles. The van der Waals surface area contributed by atoms with Crippen LogP contribution in [0.15, 0.2) is 18.5 Å². The smallest absolute Gasteiger partial charge is 0.303 e. The van der Waals surface area contributed by atoms with Gasteiger partial charge in [0.2, 0.25) is 5.95 Å². The Hall–Kier alpha value is -1.65. The van der Waals surface area contributed by atoms with Crippen molar-refractivity contribution in [2.24, 2.45) is 5.92 Å². The number of nitrogens with one attached hydrogen (secondary N) is 1. The minimum Gasteiger partial charge on any atom is -0.481 e. The number of anilines is 1. The number of carboxylic acid groups (broad SMARTS) is 1. The Kier molecular flexibility index (Phi) is 5.25. The number of nitrogens with zero attached hydrogens (tertiary/aromatic N) is 2. The lowest BCUT2D eigenvalue weighted by atomic mass is 10.0. The number of carboxylic acids is 1. The van der Waals surface area contributed by atoms with Gasteiger partial charge in [0.25, 0.3) is 0 Å². The molecule has 0 aromatic carbocycles. The zero-order chi connectivity index (χ0) is 11.8. The van der Waals surface area contributed by atoms with Crippen molar-refractivity contribution in [1.29, 1.82) is 0 Å². The molecule has 1 rings (SSSR count). The van der Waals surface area contributed by atoms with Crippen molar-refractivity contribution in [2.45, 2.75) is 26.2 Å². The second-order valence-corrected chi connectivity index (χ2v) is 3.83. The van der Waals surface area contributed by atoms with Crippen LogP contribution < -0.4 is 5.32 Å². The Morgan fingerprint density at radius 3 is 2.75 bits per heavy atom. The van der Waals surface area contributed by atoms with E-state index in [9.17, 15) is 4.79 Å². The first kappa shape index (κ1) is 12.4. The van der Waals surface area contributed by atoms with Crippen molar-refractivity contribution in [1.82, 2.24) is 9.97 Å². The number of aromatic nitrogens is 2. The second kappa shape index (κ2) is 6.76. The molecule has 0 amide bonds. The SMILES string of the molecule is CC(CCNc1ncccn1)CCC(=O)O. The van der Waals surface area contributed by atoms with Crippen LogP contribution in [0.25, 0.3) is 0 Å². The summed E-state index contributed by atoms with van der Waals surface area (Å²) in [6.45, 7) is 2.82. The standard InChI is InChI=1S/C11H17N3O2/c1-9(3-4-10(15)16)5-8-14-11-12-6-2-7-13-11/h2,6-7,9H,3-5,8H2,1H3,(H,15,16)(H,12,13,14). The Morgan fingerprint density at radius 1 is 1.44 bits per heavy atom. The Balaban J connectivity index is 2.13. The molecule has 1 aromatic rings. The lowest BCUT2D eigenvalue weighted by molar-refractivity contribution is -0.137. The van der Waals surface area contributed by atoms with Gasteiger partial charge in [-0.2, -0.15) is 0 Å². The molecule has 1 atom stereocenters. The molecule has 0 aliphatic rings. The molecule has 16 heavy (non-hydrogen) atoms. The van der Waals surface area contributed by atoms with Crippen LogP contribution in [0.1, 0.15) is 26.2 Å². The molecule has 0 saturated heterocycles. The van der Waals surface area contributed by atoms with Crippen molar-refractivity contribution in [2.75, 3.05) is 11.9 Å². The van der Waals surface area contributed by atoms with Gasteiger partial charge in [-0.25, -0.2) is 9.97 Å². The first-order valence-electron chi connectivity index (χ1n) is 5.41. The number of hydrogen-bond acceptors (Lipinski definition) is 4. The molecule has 88 valence electrons. The highest BCUT2D eigenvalue weighted by Crippen LogP contribution is 2.10. The first-order chi connectivity index (χ1) is 7.68. The van der Waals surface area contributed by atoms with Crippen LogP contribution in [-0.4, -0.2) is 27.6 Å². The fourth-order valence-corrected chi connectivity index (χ4v) is 1.33. The normalized spacial score (nSPS) is 12.1. The summed E-state index contributed by atoms with van der Waals surface area (Å²) in [5, 5.41) is 11.6. The lowest BCUT2D eigenvalue weighted by Gasteiger charge is -2.10. The van der Waals surface area contributed by atoms with Crippen molar-refractivity contribution in [3.05, 3.63) is 18.5 Å². The van der Waals surface area contributed by atoms with Crippen LogP contribution >= 0.6 is 0 Å². The van der Waals surface area contributed by atoms with Gasteiger partial charge in [0, 0.05) is 25.4 Å². The molecule has 0 radical (unpaired) electrons. The highest BCUT2D eigenvalue weighted by Gasteiger charge is 2.05. The molecule has 0 saturated carbocycles. The first-order valence-corrected chi connectivity index (χ1v) is 5.41. The fraction of sp³-hybridized carbons (Fsp3) is 0.545. The van der Waals surface area contributed by atoms with E-state index in [1.807, 2.05) is 0 Å². The van der Waals surface area contributed by atoms with Gasteiger partial charge in [0.1, 0.15) is 0 Å². The minimum absolute atomic E-state index is 0.239. The number of carbonyl (C=O) groups is 1. The molecule has 0 fully saturated rings. The number of rotatable bonds is 7. The van der Waals surface area contributed by atoms with E-state index >= 15 is 0 Å². The average molecular weight is 223 g/mol. The zero-order valence-electron chi connectivity index (χ0n) is 9.39. The van der Waals surface area contributed by atoms with E-state index in [4.69, 9.17) is 5.11 Å². The van der Waals surface area contributed by atoms with Gasteiger partial charge < -0.3 is 10.4 Å². The molecule has 1 unspecified atom stereocenters. The third kappa shape index (κ3) is 5.29. The zero-order valence-corrected chi connectivity index (χ0v) is 9.39. The maximum atomic E-state index is 10.4. The topological polar surface area (TPSA) is 75.1 Å². The summed E-state index contributed by atoms with van der Waals surface area (Å²) in [6.07, 6.45) is 5.24. The van der Waals surface area contributed by atoms with E-state index < -0.39 is 5.97 Å². The highest BCUT2D eigenvalue weighted by molar-refractivity contribution is 5.66. The van der Waals surface area contributed by atoms with Crippen LogP contribution in [0, 0.1) is 5.92 Å². The van der Waals surface area contributed by atoms with E-state index in [1.165, 1.54) is 0 Å². The minimum atomic E-state index is -0.730. The van der Waals surface area contributed by atoms with E-state index in [0.717, 1.165) is 13.0 Å². The van der Waals surface area contributed by atoms with Gasteiger partial charge in [0.05, 0.1) is 0 Å². The predicted molar refractivity (Wildman–Crippen MR) is 61.2 cm³/mol. The summed E-state index contributed by atoms with van der Waals surface area (Å²) in [6, 6.07) is 1.76. The van der Waals surface area contributed by atoms with Gasteiger partial charge >= 0.3 is 5.97 Å². The van der Waals surface area contributed by atoms with E-state index in [1.54, 1.807) is 18.5 Å². The van der Waals surface area contributed by atoms with E-state index in [2.05, 4.69) is 22.2 Å². The highest BCUT2D eigenvalue weighted by atomic mass is 16.4. The molecule has 0 bridgehead atoms. The van der Waals surface area contributed by atoms with E-state index in [-0.39, 0.29) is 6.42 Å². The summed E-state index contributed by atoms with van der Waals surface area (Å²) in [7, 11) is 0. The molecule has 1 aromatic heterocycles. The third-order valence-corrected chi connectivity index (χ3v) is 2.34. The molecule has 0 aliphatic heterocycles. The molecule has 1 heterocycles. The van der Waals surface area contributed by atoms with Crippen LogP contribution in [-0.2, 0) is 4.79 Å². The summed E-state index contributed by atoms with van der Waals surface area (Å²) in [5.74, 6) is 0.284. The summed E-state index contributed by atoms with van der Waals surface area (Å²) in [4.78, 5) is 18.4. The van der Waals surface area contributed by atoms with E-state index in [0.29, 0.717) is 18.3 Å². The average Bonchev–Trinajstić information content (AvgIpc) is 2.28. The maximum absolute atomic E-state index is 10.4. The summed E-state index contributed by atoms with van der Waals surface area (Å²) < 4.78 is 0. The lowest BCUT2D eigenvalue weighted by Crippen LogP contribution is -2.10. The quantitative estimate of drug-likeness (QED) is 0.737. The van der Waals surface area contributed by atoms with Crippen molar-refractivity contribution >= 4 is 11.9 Å². The van der Waals surface area contributed by atoms with Gasteiger partial charge in [0.15, 0.2) is 0 Å². The molecule has 0 spiro atoms. The molecule has 5 heteroatoms. The van der Waals surface area contributed by atoms with Gasteiger partial charge in [-0.1, -0.05) is 6.92 Å². The van der Waals surface area contributed by atoms with Crippen LogP contribution in [0.3, 0.4) is 0 Å². The van der Waals surface area contributed by atoms with Crippen molar-refractivity contribution < 1.29 is 9.90 Å². The largest absolute Gasteiger partial charge is 0.481 e. The molecular formula is C11H17N3O2. The van der Waals surface area contributed by atoms with Gasteiger partial charge in [-0.15, -0.1) is 0 Å². The Morgan fingerprint density at radius 2 is 2.12 bits per heavy atom. The van der Waals surface area contributed by atoms with Crippen molar-refractivity contribution in [3.8, 4) is 0 Å². The second-order valence-electron chi connectivity index (χ2n) is 3.83. The summed E-state index contributed by atoms with van der Waals surface area (Å²) >= 11 is 0. The summed E-state index contributed by atoms with van der Waals surface area (Å²) in [5.41, 5.74) is 0. The number of hydrogen-bond donors (Lipinski definition) is 2. The molecule has 5 nitrogen and oxygen atoms in total. The fourth-order valence-electron chi connectivity index (χ4n) is 1.33. The Labute approximate surface area is 94.9 Å². The number of aliphatic carboxylic acids is 1. The van der Waals surface area contributed by atoms with Gasteiger partial charge in [-0.05, 0) is 24.8 Å². The monoisotopic (exact) mass is 223 g/mol. The van der Waals surface area contributed by atoms with Gasteiger partial charge in [-0.3, -0.25) is 4.79 Å². The van der Waals surface area contributed by atoms with Crippen molar-refractivity contribution in [3.63, 3.8) is 0 Å². The van der Waals surface area contributed by atoms with Crippen LogP contribution in [0.5, 0.6) is 0 Å². The molecular weight excluding hydrogens is 206 g/mol.